The third-order valence-electron chi connectivity index (χ3n) is 5.58. The van der Waals surface area contributed by atoms with Gasteiger partial charge in [0.2, 0.25) is 0 Å². The van der Waals surface area contributed by atoms with Crippen molar-refractivity contribution in [3.05, 3.63) is 84.4 Å². The molecule has 1 aliphatic rings. The molecule has 3 aromatic carbocycles. The maximum Gasteiger partial charge on any atom is 0.265 e. The van der Waals surface area contributed by atoms with Crippen LogP contribution in [0.25, 0.3) is 11.1 Å². The van der Waals surface area contributed by atoms with Crippen molar-refractivity contribution in [2.75, 3.05) is 31.6 Å². The van der Waals surface area contributed by atoms with Gasteiger partial charge in [-0.15, -0.1) is 0 Å². The molecule has 1 fully saturated rings. The van der Waals surface area contributed by atoms with E-state index in [-0.39, 0.29) is 11.8 Å². The minimum absolute atomic E-state index is 0.0591. The Morgan fingerprint density at radius 2 is 1.64 bits per heavy atom. The van der Waals surface area contributed by atoms with Gasteiger partial charge in [0.25, 0.3) is 11.8 Å². The molecule has 2 amide bonds. The van der Waals surface area contributed by atoms with Gasteiger partial charge in [0.1, 0.15) is 5.75 Å². The van der Waals surface area contributed by atoms with E-state index in [0.29, 0.717) is 49.7 Å². The Kier molecular flexibility index (Phi) is 7.37. The van der Waals surface area contributed by atoms with Crippen LogP contribution in [0, 0.1) is 0 Å². The number of anilines is 1. The minimum Gasteiger partial charge on any atom is -0.481 e. The Balaban J connectivity index is 1.39. The van der Waals surface area contributed by atoms with E-state index < -0.39 is 6.10 Å². The average molecular weight is 445 g/mol. The van der Waals surface area contributed by atoms with Gasteiger partial charge in [-0.2, -0.15) is 0 Å². The quantitative estimate of drug-likeness (QED) is 0.577. The van der Waals surface area contributed by atoms with Crippen molar-refractivity contribution >= 4 is 17.5 Å². The number of amides is 2. The fourth-order valence-corrected chi connectivity index (χ4v) is 3.74. The van der Waals surface area contributed by atoms with E-state index in [2.05, 4.69) is 17.4 Å². The van der Waals surface area contributed by atoms with Crippen molar-refractivity contribution in [3.8, 4) is 16.9 Å². The molecule has 1 aliphatic heterocycles. The molecule has 1 saturated heterocycles. The summed E-state index contributed by atoms with van der Waals surface area (Å²) < 4.78 is 11.3. The molecule has 33 heavy (non-hydrogen) atoms. The molecule has 0 spiro atoms. The zero-order chi connectivity index (χ0) is 23.0. The second-order valence-electron chi connectivity index (χ2n) is 7.88. The van der Waals surface area contributed by atoms with Crippen LogP contribution in [-0.4, -0.2) is 49.1 Å². The highest BCUT2D eigenvalue weighted by Gasteiger charge is 2.21. The molecule has 4 rings (SSSR count). The molecule has 0 bridgehead atoms. The second kappa shape index (κ2) is 10.8. The van der Waals surface area contributed by atoms with Crippen molar-refractivity contribution < 1.29 is 19.1 Å². The van der Waals surface area contributed by atoms with Gasteiger partial charge in [-0.05, 0) is 47.9 Å². The molecule has 1 N–H and O–H groups in total. The monoisotopic (exact) mass is 444 g/mol. The van der Waals surface area contributed by atoms with Gasteiger partial charge in [0.15, 0.2) is 6.10 Å². The lowest BCUT2D eigenvalue weighted by atomic mass is 10.1. The number of carbonyl (C=O) groups is 2. The molecule has 0 aliphatic carbocycles. The lowest BCUT2D eigenvalue weighted by molar-refractivity contribution is -0.122. The summed E-state index contributed by atoms with van der Waals surface area (Å²) in [4.78, 5) is 27.4. The number of benzene rings is 3. The predicted octanol–water partition coefficient (Wildman–Crippen LogP) is 4.62. The molecule has 0 saturated carbocycles. The predicted molar refractivity (Wildman–Crippen MR) is 128 cm³/mol. The molecule has 3 aromatic rings. The van der Waals surface area contributed by atoms with E-state index in [0.717, 1.165) is 11.1 Å². The van der Waals surface area contributed by atoms with Crippen LogP contribution in [-0.2, 0) is 9.53 Å². The number of morpholine rings is 1. The summed E-state index contributed by atoms with van der Waals surface area (Å²) in [6.45, 7) is 4.14. The van der Waals surface area contributed by atoms with Gasteiger partial charge in [-0.1, -0.05) is 55.5 Å². The van der Waals surface area contributed by atoms with Gasteiger partial charge < -0.3 is 19.7 Å². The van der Waals surface area contributed by atoms with Gasteiger partial charge in [-0.3, -0.25) is 9.59 Å². The third kappa shape index (κ3) is 5.79. The molecule has 6 nitrogen and oxygen atoms in total. The standard InChI is InChI=1S/C27H28N2O4/c1-2-25(33-24-13-11-21(12-14-24)20-7-4-3-5-8-20)26(30)28-23-10-6-9-22(19-23)27(31)29-15-17-32-18-16-29/h3-14,19,25H,2,15-18H2,1H3,(H,28,30). The largest absolute Gasteiger partial charge is 0.481 e. The molecule has 170 valence electrons. The topological polar surface area (TPSA) is 67.9 Å². The van der Waals surface area contributed by atoms with E-state index in [4.69, 9.17) is 9.47 Å². The molecule has 0 aromatic heterocycles. The highest BCUT2D eigenvalue weighted by Crippen LogP contribution is 2.23. The highest BCUT2D eigenvalue weighted by molar-refractivity contribution is 5.98. The smallest absolute Gasteiger partial charge is 0.265 e. The number of carbonyl (C=O) groups excluding carboxylic acids is 2. The molecule has 6 heteroatoms. The first-order chi connectivity index (χ1) is 16.1. The Morgan fingerprint density at radius 1 is 0.939 bits per heavy atom. The number of hydrogen-bond donors (Lipinski definition) is 1. The van der Waals surface area contributed by atoms with Crippen molar-refractivity contribution in [2.24, 2.45) is 0 Å². The summed E-state index contributed by atoms with van der Waals surface area (Å²) in [7, 11) is 0. The van der Waals surface area contributed by atoms with Crippen molar-refractivity contribution in [1.29, 1.82) is 0 Å². The lowest BCUT2D eigenvalue weighted by Gasteiger charge is -2.27. The van der Waals surface area contributed by atoms with E-state index in [9.17, 15) is 9.59 Å². The van der Waals surface area contributed by atoms with Crippen LogP contribution in [0.15, 0.2) is 78.9 Å². The Labute approximate surface area is 194 Å². The second-order valence-corrected chi connectivity index (χ2v) is 7.88. The first-order valence-corrected chi connectivity index (χ1v) is 11.2. The molecular weight excluding hydrogens is 416 g/mol. The molecule has 1 atom stereocenters. The summed E-state index contributed by atoms with van der Waals surface area (Å²) in [5.41, 5.74) is 3.32. The maximum atomic E-state index is 12.9. The van der Waals surface area contributed by atoms with Crippen LogP contribution < -0.4 is 10.1 Å². The summed E-state index contributed by atoms with van der Waals surface area (Å²) >= 11 is 0. The van der Waals surface area contributed by atoms with Crippen molar-refractivity contribution in [2.45, 2.75) is 19.4 Å². The third-order valence-corrected chi connectivity index (χ3v) is 5.58. The first kappa shape index (κ1) is 22.6. The number of ether oxygens (including phenoxy) is 2. The van der Waals surface area contributed by atoms with Crippen LogP contribution in [0.4, 0.5) is 5.69 Å². The van der Waals surface area contributed by atoms with Crippen LogP contribution in [0.1, 0.15) is 23.7 Å². The summed E-state index contributed by atoms with van der Waals surface area (Å²) in [5, 5.41) is 2.89. The minimum atomic E-state index is -0.647. The van der Waals surface area contributed by atoms with Gasteiger partial charge in [0.05, 0.1) is 13.2 Å². The van der Waals surface area contributed by atoms with E-state index >= 15 is 0 Å². The fourth-order valence-electron chi connectivity index (χ4n) is 3.74. The lowest BCUT2D eigenvalue weighted by Crippen LogP contribution is -2.40. The summed E-state index contributed by atoms with van der Waals surface area (Å²) in [5.74, 6) is 0.324. The van der Waals surface area contributed by atoms with E-state index in [1.165, 1.54) is 0 Å². The fraction of sp³-hybridized carbons (Fsp3) is 0.259. The normalized spacial score (nSPS) is 14.4. The first-order valence-electron chi connectivity index (χ1n) is 11.2. The number of nitrogens with one attached hydrogen (secondary N) is 1. The van der Waals surface area contributed by atoms with Crippen LogP contribution in [0.2, 0.25) is 0 Å². The molecular formula is C27H28N2O4. The summed E-state index contributed by atoms with van der Waals surface area (Å²) in [6.07, 6.45) is -0.134. The Bertz CT molecular complexity index is 1080. The van der Waals surface area contributed by atoms with Gasteiger partial charge >= 0.3 is 0 Å². The molecule has 1 heterocycles. The Hall–Kier alpha value is -3.64. The number of nitrogens with zero attached hydrogens (tertiary/aromatic N) is 1. The number of hydrogen-bond acceptors (Lipinski definition) is 4. The van der Waals surface area contributed by atoms with Crippen LogP contribution >= 0.6 is 0 Å². The molecule has 1 unspecified atom stereocenters. The zero-order valence-corrected chi connectivity index (χ0v) is 18.7. The van der Waals surface area contributed by atoms with Crippen molar-refractivity contribution in [3.63, 3.8) is 0 Å². The SMILES string of the molecule is CCC(Oc1ccc(-c2ccccc2)cc1)C(=O)Nc1cccc(C(=O)N2CCOCC2)c1. The summed E-state index contributed by atoms with van der Waals surface area (Å²) in [6, 6.07) is 24.8. The maximum absolute atomic E-state index is 12.9. The van der Waals surface area contributed by atoms with Crippen LogP contribution in [0.3, 0.4) is 0 Å². The average Bonchev–Trinajstić information content (AvgIpc) is 2.88. The van der Waals surface area contributed by atoms with E-state index in [1.807, 2.05) is 49.4 Å². The van der Waals surface area contributed by atoms with Crippen LogP contribution in [0.5, 0.6) is 5.75 Å². The Morgan fingerprint density at radius 3 is 2.33 bits per heavy atom. The zero-order valence-electron chi connectivity index (χ0n) is 18.7. The van der Waals surface area contributed by atoms with Crippen molar-refractivity contribution in [1.82, 2.24) is 4.90 Å². The number of rotatable bonds is 7. The van der Waals surface area contributed by atoms with Gasteiger partial charge in [-0.25, -0.2) is 0 Å². The molecule has 0 radical (unpaired) electrons. The van der Waals surface area contributed by atoms with Gasteiger partial charge in [0, 0.05) is 24.3 Å². The highest BCUT2D eigenvalue weighted by atomic mass is 16.5. The van der Waals surface area contributed by atoms with E-state index in [1.54, 1.807) is 29.2 Å².